The fourth-order valence-electron chi connectivity index (χ4n) is 3.83. The molecule has 0 bridgehead atoms. The van der Waals surface area contributed by atoms with Gasteiger partial charge in [0.05, 0.1) is 0 Å². The molecule has 0 aromatic carbocycles. The summed E-state index contributed by atoms with van der Waals surface area (Å²) in [6, 6.07) is 0. The number of rotatable bonds is 22. The molecule has 0 aliphatic carbocycles. The Morgan fingerprint density at radius 3 is 1.10 bits per heavy atom. The van der Waals surface area contributed by atoms with Crippen LogP contribution < -0.4 is 0 Å². The monoisotopic (exact) mass is 439 g/mol. The molecular formula is C28H57NO2. The summed E-state index contributed by atoms with van der Waals surface area (Å²) in [6.07, 6.45) is 28.3. The van der Waals surface area contributed by atoms with Crippen molar-refractivity contribution in [3.63, 3.8) is 0 Å². The molecule has 0 aliphatic rings. The van der Waals surface area contributed by atoms with E-state index in [1.165, 1.54) is 141 Å². The van der Waals surface area contributed by atoms with E-state index in [9.17, 15) is 4.79 Å². The van der Waals surface area contributed by atoms with Gasteiger partial charge in [-0.25, -0.2) is 4.79 Å². The number of carbonyl (C=O) groups is 1. The van der Waals surface area contributed by atoms with Crippen LogP contribution in [0, 0.1) is 0 Å². The van der Waals surface area contributed by atoms with Gasteiger partial charge in [-0.2, -0.15) is 0 Å². The van der Waals surface area contributed by atoms with Gasteiger partial charge in [0.15, 0.2) is 0 Å². The normalized spacial score (nSPS) is 11.1. The summed E-state index contributed by atoms with van der Waals surface area (Å²) in [5.74, 6) is -0.891. The smallest absolute Gasteiger partial charge is 0.327 e. The van der Waals surface area contributed by atoms with E-state index in [0.717, 1.165) is 6.08 Å². The molecule has 0 unspecified atom stereocenters. The van der Waals surface area contributed by atoms with E-state index < -0.39 is 5.97 Å². The molecule has 3 nitrogen and oxygen atoms in total. The molecule has 3 heteroatoms. The molecule has 1 N–H and O–H groups in total. The molecular weight excluding hydrogens is 382 g/mol. The van der Waals surface area contributed by atoms with Gasteiger partial charge in [0, 0.05) is 6.08 Å². The maximum Gasteiger partial charge on any atom is 0.327 e. The number of nitrogens with zero attached hydrogens (tertiary/aromatic N) is 1. The molecule has 0 saturated carbocycles. The van der Waals surface area contributed by atoms with Crippen molar-refractivity contribution >= 4 is 5.97 Å². The largest absolute Gasteiger partial charge is 0.478 e. The van der Waals surface area contributed by atoms with Crippen LogP contribution in [0.25, 0.3) is 0 Å². The first-order valence-electron chi connectivity index (χ1n) is 13.7. The minimum absolute atomic E-state index is 0.891. The van der Waals surface area contributed by atoms with Crippen LogP contribution in [-0.4, -0.2) is 35.6 Å². The number of hydrogen-bond donors (Lipinski definition) is 1. The molecule has 0 spiro atoms. The summed E-state index contributed by atoms with van der Waals surface area (Å²) in [5, 5.41) is 7.83. The second-order valence-corrected chi connectivity index (χ2v) is 8.98. The third-order valence-corrected chi connectivity index (χ3v) is 5.79. The highest BCUT2D eigenvalue weighted by Crippen LogP contribution is 2.11. The van der Waals surface area contributed by atoms with Crippen molar-refractivity contribution in [1.29, 1.82) is 0 Å². The molecule has 186 valence electrons. The lowest BCUT2D eigenvalue weighted by Crippen LogP contribution is -2.27. The lowest BCUT2D eigenvalue weighted by molar-refractivity contribution is -0.131. The Kier molecular flexibility index (Phi) is 30.4. The second-order valence-electron chi connectivity index (χ2n) is 8.98. The molecule has 0 aromatic heterocycles. The van der Waals surface area contributed by atoms with Gasteiger partial charge in [-0.05, 0) is 45.8 Å². The van der Waals surface area contributed by atoms with Gasteiger partial charge in [-0.3, -0.25) is 0 Å². The summed E-state index contributed by atoms with van der Waals surface area (Å²) in [7, 11) is 0. The quantitative estimate of drug-likeness (QED) is 0.135. The Morgan fingerprint density at radius 2 is 0.871 bits per heavy atom. The first-order valence-corrected chi connectivity index (χ1v) is 13.7. The van der Waals surface area contributed by atoms with Crippen LogP contribution >= 0.6 is 0 Å². The van der Waals surface area contributed by atoms with Crippen LogP contribution in [0.2, 0.25) is 0 Å². The van der Waals surface area contributed by atoms with Gasteiger partial charge in [0.1, 0.15) is 0 Å². The van der Waals surface area contributed by atoms with Gasteiger partial charge in [0.25, 0.3) is 0 Å². The maximum absolute atomic E-state index is 9.51. The predicted octanol–water partition coefficient (Wildman–Crippen LogP) is 9.02. The third-order valence-electron chi connectivity index (χ3n) is 5.79. The van der Waals surface area contributed by atoms with Crippen molar-refractivity contribution in [3.05, 3.63) is 12.2 Å². The topological polar surface area (TPSA) is 40.5 Å². The van der Waals surface area contributed by atoms with E-state index in [2.05, 4.69) is 25.7 Å². The number of hydrogen-bond acceptors (Lipinski definition) is 2. The number of carboxylic acids is 1. The Labute approximate surface area is 196 Å². The molecule has 0 radical (unpaired) electrons. The summed E-state index contributed by atoms with van der Waals surface area (Å²) >= 11 is 0. The highest BCUT2D eigenvalue weighted by molar-refractivity contribution is 5.79. The van der Waals surface area contributed by atoms with E-state index in [4.69, 9.17) is 5.11 Å². The first-order chi connectivity index (χ1) is 15.1. The van der Waals surface area contributed by atoms with Crippen molar-refractivity contribution in [2.45, 2.75) is 143 Å². The van der Waals surface area contributed by atoms with E-state index >= 15 is 0 Å². The van der Waals surface area contributed by atoms with Crippen LogP contribution in [0.4, 0.5) is 0 Å². The molecule has 0 fully saturated rings. The lowest BCUT2D eigenvalue weighted by atomic mass is 10.1. The number of allylic oxidation sites excluding steroid dienone is 1. The van der Waals surface area contributed by atoms with Crippen LogP contribution in [0.3, 0.4) is 0 Å². The van der Waals surface area contributed by atoms with E-state index in [-0.39, 0.29) is 0 Å². The number of carboxylic acid groups (broad SMARTS) is 1. The van der Waals surface area contributed by atoms with Crippen molar-refractivity contribution in [2.24, 2.45) is 0 Å². The highest BCUT2D eigenvalue weighted by atomic mass is 16.4. The molecule has 0 atom stereocenters. The van der Waals surface area contributed by atoms with Gasteiger partial charge in [0.2, 0.25) is 0 Å². The van der Waals surface area contributed by atoms with Crippen LogP contribution in [-0.2, 0) is 4.79 Å². The minimum atomic E-state index is -0.891. The SMILES string of the molecule is CC=CC(=O)O.CCCCCCCCN(CCCCCCCC)CCCCCCCC. The summed E-state index contributed by atoms with van der Waals surface area (Å²) < 4.78 is 0. The zero-order chi connectivity index (χ0) is 23.4. The van der Waals surface area contributed by atoms with E-state index in [1.54, 1.807) is 6.92 Å². The summed E-state index contributed by atoms with van der Waals surface area (Å²) in [4.78, 5) is 12.3. The average molecular weight is 440 g/mol. The van der Waals surface area contributed by atoms with Crippen molar-refractivity contribution in [3.8, 4) is 0 Å². The third kappa shape index (κ3) is 31.4. The Bertz CT molecular complexity index is 330. The van der Waals surface area contributed by atoms with Crippen LogP contribution in [0.15, 0.2) is 12.2 Å². The average Bonchev–Trinajstić information content (AvgIpc) is 2.75. The summed E-state index contributed by atoms with van der Waals surface area (Å²) in [6.45, 7) is 12.7. The zero-order valence-electron chi connectivity index (χ0n) is 21.8. The predicted molar refractivity (Wildman–Crippen MR) is 139 cm³/mol. The van der Waals surface area contributed by atoms with Gasteiger partial charge >= 0.3 is 5.97 Å². The van der Waals surface area contributed by atoms with Crippen LogP contribution in [0.5, 0.6) is 0 Å². The standard InChI is InChI=1S/C24H51N.C4H6O2/c1-4-7-10-13-16-19-22-25(23-20-17-14-11-8-5-2)24-21-18-15-12-9-6-3;1-2-3-4(5)6/h4-24H2,1-3H3;2-3H,1H3,(H,5,6). The second kappa shape index (κ2) is 29.2. The lowest BCUT2D eigenvalue weighted by Gasteiger charge is -2.22. The molecule has 0 aliphatic heterocycles. The fraction of sp³-hybridized carbons (Fsp3) is 0.893. The van der Waals surface area contributed by atoms with E-state index in [1.807, 2.05) is 0 Å². The molecule has 0 heterocycles. The van der Waals surface area contributed by atoms with Crippen molar-refractivity contribution in [1.82, 2.24) is 4.90 Å². The molecule has 0 rings (SSSR count). The number of unbranched alkanes of at least 4 members (excludes halogenated alkanes) is 15. The summed E-state index contributed by atoms with van der Waals surface area (Å²) in [5.41, 5.74) is 0. The molecule has 31 heavy (non-hydrogen) atoms. The van der Waals surface area contributed by atoms with E-state index in [0.29, 0.717) is 0 Å². The highest BCUT2D eigenvalue weighted by Gasteiger charge is 2.05. The first kappa shape index (κ1) is 32.4. The Hall–Kier alpha value is -0.830. The Balaban J connectivity index is 0. The van der Waals surface area contributed by atoms with Crippen molar-refractivity contribution in [2.75, 3.05) is 19.6 Å². The molecule has 0 saturated heterocycles. The van der Waals surface area contributed by atoms with Crippen LogP contribution in [0.1, 0.15) is 143 Å². The van der Waals surface area contributed by atoms with Crippen molar-refractivity contribution < 1.29 is 9.90 Å². The van der Waals surface area contributed by atoms with Gasteiger partial charge in [-0.1, -0.05) is 123 Å². The minimum Gasteiger partial charge on any atom is -0.478 e. The Morgan fingerprint density at radius 1 is 0.581 bits per heavy atom. The van der Waals surface area contributed by atoms with Gasteiger partial charge in [-0.15, -0.1) is 0 Å². The maximum atomic E-state index is 9.51. The van der Waals surface area contributed by atoms with Gasteiger partial charge < -0.3 is 10.0 Å². The zero-order valence-corrected chi connectivity index (χ0v) is 21.8. The molecule has 0 aromatic rings. The molecule has 0 amide bonds. The fourth-order valence-corrected chi connectivity index (χ4v) is 3.83. The number of aliphatic carboxylic acids is 1.